The maximum atomic E-state index is 8.00. The van der Waals surface area contributed by atoms with E-state index in [1.165, 1.54) is 23.3 Å². The minimum absolute atomic E-state index is 0.606. The van der Waals surface area contributed by atoms with Gasteiger partial charge in [-0.3, -0.25) is 5.41 Å². The Morgan fingerprint density at radius 3 is 3.21 bits per heavy atom. The van der Waals surface area contributed by atoms with Gasteiger partial charge in [0.1, 0.15) is 10.3 Å². The first-order chi connectivity index (χ1) is 6.77. The third-order valence-corrected chi connectivity index (χ3v) is 4.04. The summed E-state index contributed by atoms with van der Waals surface area (Å²) in [4.78, 5) is 6.86. The van der Waals surface area contributed by atoms with Gasteiger partial charge in [0, 0.05) is 11.9 Å². The molecular formula is C10H11N3S. The molecule has 1 aliphatic rings. The summed E-state index contributed by atoms with van der Waals surface area (Å²) in [5, 5.41) is 9.09. The molecule has 1 aliphatic carbocycles. The molecule has 4 heteroatoms. The summed E-state index contributed by atoms with van der Waals surface area (Å²) in [6.07, 6.45) is 5.29. The van der Waals surface area contributed by atoms with Gasteiger partial charge < -0.3 is 4.57 Å². The number of aromatic nitrogens is 2. The van der Waals surface area contributed by atoms with Crippen molar-refractivity contribution >= 4 is 21.6 Å². The van der Waals surface area contributed by atoms with Crippen molar-refractivity contribution in [1.29, 1.82) is 5.41 Å². The van der Waals surface area contributed by atoms with E-state index >= 15 is 0 Å². The third kappa shape index (κ3) is 0.917. The quantitative estimate of drug-likeness (QED) is 0.697. The predicted molar refractivity (Wildman–Crippen MR) is 56.5 cm³/mol. The molecule has 14 heavy (non-hydrogen) atoms. The Labute approximate surface area is 85.5 Å². The Morgan fingerprint density at radius 2 is 2.36 bits per heavy atom. The van der Waals surface area contributed by atoms with Crippen molar-refractivity contribution in [3.8, 4) is 0 Å². The van der Waals surface area contributed by atoms with Crippen LogP contribution in [0.15, 0.2) is 6.33 Å². The molecule has 2 heterocycles. The predicted octanol–water partition coefficient (Wildman–Crippen LogP) is 1.60. The van der Waals surface area contributed by atoms with Crippen molar-refractivity contribution in [1.82, 2.24) is 9.55 Å². The number of nitrogens with zero attached hydrogens (tertiary/aromatic N) is 2. The Morgan fingerprint density at radius 1 is 1.50 bits per heavy atom. The summed E-state index contributed by atoms with van der Waals surface area (Å²) in [6, 6.07) is 0. The monoisotopic (exact) mass is 205 g/mol. The van der Waals surface area contributed by atoms with Crippen molar-refractivity contribution in [2.75, 3.05) is 0 Å². The molecule has 0 saturated heterocycles. The molecule has 2 aromatic heterocycles. The summed E-state index contributed by atoms with van der Waals surface area (Å²) in [5.74, 6) is 0. The molecule has 0 fully saturated rings. The van der Waals surface area contributed by atoms with Crippen molar-refractivity contribution in [2.45, 2.75) is 19.3 Å². The summed E-state index contributed by atoms with van der Waals surface area (Å²) >= 11 is 1.76. The van der Waals surface area contributed by atoms with E-state index in [0.29, 0.717) is 5.49 Å². The molecule has 3 rings (SSSR count). The van der Waals surface area contributed by atoms with Crippen LogP contribution in [0.4, 0.5) is 0 Å². The summed E-state index contributed by atoms with van der Waals surface area (Å²) in [6.45, 7) is 0. The van der Waals surface area contributed by atoms with Gasteiger partial charge in [0.25, 0.3) is 0 Å². The largest absolute Gasteiger partial charge is 0.320 e. The highest BCUT2D eigenvalue weighted by atomic mass is 32.1. The highest BCUT2D eigenvalue weighted by molar-refractivity contribution is 7.18. The fourth-order valence-corrected chi connectivity index (χ4v) is 3.33. The highest BCUT2D eigenvalue weighted by Crippen LogP contribution is 2.34. The lowest BCUT2D eigenvalue weighted by Crippen LogP contribution is -2.17. The molecule has 0 unspecified atom stereocenters. The second-order valence-corrected chi connectivity index (χ2v) is 4.83. The van der Waals surface area contributed by atoms with Crippen LogP contribution >= 0.6 is 11.3 Å². The molecule has 1 N–H and O–H groups in total. The maximum Gasteiger partial charge on any atom is 0.136 e. The van der Waals surface area contributed by atoms with Crippen LogP contribution in [0.2, 0.25) is 0 Å². The first-order valence-electron chi connectivity index (χ1n) is 4.78. The highest BCUT2D eigenvalue weighted by Gasteiger charge is 2.19. The van der Waals surface area contributed by atoms with Crippen LogP contribution in [-0.2, 0) is 19.9 Å². The van der Waals surface area contributed by atoms with Crippen LogP contribution in [0.5, 0.6) is 0 Å². The molecule has 0 aromatic carbocycles. The normalized spacial score (nSPS) is 14.9. The Balaban J connectivity index is 2.52. The van der Waals surface area contributed by atoms with Gasteiger partial charge in [-0.05, 0) is 24.8 Å². The van der Waals surface area contributed by atoms with Crippen LogP contribution in [0.3, 0.4) is 0 Å². The van der Waals surface area contributed by atoms with Crippen LogP contribution in [-0.4, -0.2) is 9.55 Å². The van der Waals surface area contributed by atoms with E-state index in [9.17, 15) is 0 Å². The van der Waals surface area contributed by atoms with Crippen LogP contribution < -0.4 is 5.49 Å². The molecule has 0 spiro atoms. The van der Waals surface area contributed by atoms with Crippen molar-refractivity contribution in [2.24, 2.45) is 7.05 Å². The van der Waals surface area contributed by atoms with Gasteiger partial charge in [-0.25, -0.2) is 4.98 Å². The molecule has 0 aliphatic heterocycles. The average Bonchev–Trinajstić information content (AvgIpc) is 2.70. The number of nitrogens with one attached hydrogen (secondary N) is 1. The third-order valence-electron chi connectivity index (χ3n) is 2.84. The van der Waals surface area contributed by atoms with Crippen LogP contribution in [0, 0.1) is 5.41 Å². The number of fused-ring (bicyclic) bond motifs is 3. The molecule has 0 radical (unpaired) electrons. The maximum absolute atomic E-state index is 8.00. The van der Waals surface area contributed by atoms with Crippen LogP contribution in [0.25, 0.3) is 10.2 Å². The topological polar surface area (TPSA) is 41.7 Å². The molecule has 2 aromatic rings. The smallest absolute Gasteiger partial charge is 0.136 e. The van der Waals surface area contributed by atoms with Gasteiger partial charge in [0.2, 0.25) is 0 Å². The second kappa shape index (κ2) is 2.67. The molecule has 0 saturated carbocycles. The number of hydrogen-bond donors (Lipinski definition) is 1. The van der Waals surface area contributed by atoms with Gasteiger partial charge >= 0.3 is 0 Å². The molecule has 0 amide bonds. The SMILES string of the molecule is Cn1cnc2sc3c(c2c1=N)CCC3. The fraction of sp³-hybridized carbons (Fsp3) is 0.400. The van der Waals surface area contributed by atoms with Gasteiger partial charge in [-0.15, -0.1) is 11.3 Å². The summed E-state index contributed by atoms with van der Waals surface area (Å²) < 4.78 is 1.79. The average molecular weight is 205 g/mol. The minimum atomic E-state index is 0.606. The zero-order chi connectivity index (χ0) is 9.71. The molecular weight excluding hydrogens is 194 g/mol. The fourth-order valence-electron chi connectivity index (χ4n) is 2.10. The zero-order valence-corrected chi connectivity index (χ0v) is 8.82. The molecule has 72 valence electrons. The second-order valence-electron chi connectivity index (χ2n) is 3.74. The van der Waals surface area contributed by atoms with E-state index in [-0.39, 0.29) is 0 Å². The Bertz CT molecular complexity index is 564. The first kappa shape index (κ1) is 8.17. The van der Waals surface area contributed by atoms with Gasteiger partial charge in [0.05, 0.1) is 11.7 Å². The summed E-state index contributed by atoms with van der Waals surface area (Å²) in [5.41, 5.74) is 1.99. The van der Waals surface area contributed by atoms with Gasteiger partial charge in [-0.2, -0.15) is 0 Å². The number of hydrogen-bond acceptors (Lipinski definition) is 3. The first-order valence-corrected chi connectivity index (χ1v) is 5.59. The van der Waals surface area contributed by atoms with Crippen LogP contribution in [0.1, 0.15) is 16.9 Å². The van der Waals surface area contributed by atoms with Gasteiger partial charge in [0.15, 0.2) is 0 Å². The lowest BCUT2D eigenvalue weighted by Gasteiger charge is -1.99. The van der Waals surface area contributed by atoms with E-state index < -0.39 is 0 Å². The lowest BCUT2D eigenvalue weighted by atomic mass is 10.2. The van der Waals surface area contributed by atoms with E-state index in [1.807, 2.05) is 7.05 Å². The van der Waals surface area contributed by atoms with E-state index in [4.69, 9.17) is 5.41 Å². The minimum Gasteiger partial charge on any atom is -0.320 e. The van der Waals surface area contributed by atoms with E-state index in [1.54, 1.807) is 22.2 Å². The number of aryl methyl sites for hydroxylation is 3. The molecule has 0 bridgehead atoms. The number of rotatable bonds is 0. The zero-order valence-electron chi connectivity index (χ0n) is 8.00. The van der Waals surface area contributed by atoms with Crippen molar-refractivity contribution in [3.63, 3.8) is 0 Å². The van der Waals surface area contributed by atoms with Gasteiger partial charge in [-0.1, -0.05) is 0 Å². The lowest BCUT2D eigenvalue weighted by molar-refractivity contribution is 0.805. The summed E-state index contributed by atoms with van der Waals surface area (Å²) in [7, 11) is 1.88. The Kier molecular flexibility index (Phi) is 1.56. The van der Waals surface area contributed by atoms with E-state index in [2.05, 4.69) is 4.98 Å². The number of thiophene rings is 1. The standard InChI is InChI=1S/C10H11N3S/c1-13-5-12-10-8(9(13)11)6-3-2-4-7(6)14-10/h5,11H,2-4H2,1H3. The van der Waals surface area contributed by atoms with Crippen molar-refractivity contribution in [3.05, 3.63) is 22.3 Å². The Hall–Kier alpha value is -1.16. The van der Waals surface area contributed by atoms with E-state index in [0.717, 1.165) is 16.6 Å². The van der Waals surface area contributed by atoms with Crippen molar-refractivity contribution < 1.29 is 0 Å². The molecule has 0 atom stereocenters. The molecule has 3 nitrogen and oxygen atoms in total.